The number of aliphatic carboxylic acids is 1. The summed E-state index contributed by atoms with van der Waals surface area (Å²) in [5.74, 6) is 0.891. The molecule has 0 fully saturated rings. The van der Waals surface area contributed by atoms with Crippen molar-refractivity contribution in [1.29, 1.82) is 0 Å². The molecule has 4 rings (SSSR count). The fraction of sp³-hybridized carbons (Fsp3) is 0.222. The van der Waals surface area contributed by atoms with E-state index in [1.807, 2.05) is 30.3 Å². The van der Waals surface area contributed by atoms with Crippen LogP contribution in [0.1, 0.15) is 13.8 Å². The molecule has 1 aromatic heterocycles. The third kappa shape index (κ3) is 2.03. The van der Waals surface area contributed by atoms with Gasteiger partial charge in [-0.05, 0) is 13.8 Å². The van der Waals surface area contributed by atoms with Crippen LogP contribution in [-0.2, 0) is 10.3 Å². The SMILES string of the molecule is CC(C)(C(=O)O)n1c(-c2ccccc2)nc2cc3c(cc21)OCO3. The van der Waals surface area contributed by atoms with Gasteiger partial charge in [-0.1, -0.05) is 30.3 Å². The molecule has 6 nitrogen and oxygen atoms in total. The molecule has 0 radical (unpaired) electrons. The summed E-state index contributed by atoms with van der Waals surface area (Å²) in [5.41, 5.74) is 1.05. The van der Waals surface area contributed by atoms with Gasteiger partial charge in [0.1, 0.15) is 11.4 Å². The van der Waals surface area contributed by atoms with E-state index in [1.165, 1.54) is 0 Å². The molecule has 0 aliphatic carbocycles. The minimum atomic E-state index is -1.17. The Morgan fingerprint density at radius 1 is 1.17 bits per heavy atom. The monoisotopic (exact) mass is 324 g/mol. The number of hydrogen-bond acceptors (Lipinski definition) is 4. The average Bonchev–Trinajstić information content (AvgIpc) is 3.16. The van der Waals surface area contributed by atoms with Gasteiger partial charge < -0.3 is 19.1 Å². The largest absolute Gasteiger partial charge is 0.480 e. The van der Waals surface area contributed by atoms with Crippen LogP contribution in [0.25, 0.3) is 22.4 Å². The highest BCUT2D eigenvalue weighted by Gasteiger charge is 2.34. The summed E-state index contributed by atoms with van der Waals surface area (Å²) in [5, 5.41) is 9.73. The maximum absolute atomic E-state index is 11.9. The minimum absolute atomic E-state index is 0.163. The number of fused-ring (bicyclic) bond motifs is 2. The molecule has 122 valence electrons. The van der Waals surface area contributed by atoms with Crippen molar-refractivity contribution in [3.8, 4) is 22.9 Å². The molecular weight excluding hydrogens is 308 g/mol. The normalized spacial score (nSPS) is 13.4. The number of hydrogen-bond donors (Lipinski definition) is 1. The van der Waals surface area contributed by atoms with Crippen LogP contribution in [0.3, 0.4) is 0 Å². The van der Waals surface area contributed by atoms with Crippen LogP contribution in [0.4, 0.5) is 0 Å². The van der Waals surface area contributed by atoms with Crippen molar-refractivity contribution >= 4 is 17.0 Å². The van der Waals surface area contributed by atoms with Crippen molar-refractivity contribution in [2.75, 3.05) is 6.79 Å². The van der Waals surface area contributed by atoms with Crippen molar-refractivity contribution in [1.82, 2.24) is 9.55 Å². The Hall–Kier alpha value is -3.02. The van der Waals surface area contributed by atoms with E-state index in [4.69, 9.17) is 9.47 Å². The highest BCUT2D eigenvalue weighted by atomic mass is 16.7. The zero-order valence-corrected chi connectivity index (χ0v) is 13.3. The first-order valence-corrected chi connectivity index (χ1v) is 7.60. The van der Waals surface area contributed by atoms with Gasteiger partial charge in [0.05, 0.1) is 11.0 Å². The van der Waals surface area contributed by atoms with Crippen molar-refractivity contribution in [2.45, 2.75) is 19.4 Å². The molecule has 2 heterocycles. The van der Waals surface area contributed by atoms with E-state index in [9.17, 15) is 9.90 Å². The summed E-state index contributed by atoms with van der Waals surface area (Å²) in [6.45, 7) is 3.48. The molecule has 24 heavy (non-hydrogen) atoms. The Kier molecular flexibility index (Phi) is 3.03. The molecule has 1 N–H and O–H groups in total. The van der Waals surface area contributed by atoms with Crippen molar-refractivity contribution < 1.29 is 19.4 Å². The lowest BCUT2D eigenvalue weighted by Crippen LogP contribution is -2.36. The van der Waals surface area contributed by atoms with Crippen LogP contribution in [0.2, 0.25) is 0 Å². The molecule has 3 aromatic rings. The van der Waals surface area contributed by atoms with E-state index in [-0.39, 0.29) is 6.79 Å². The van der Waals surface area contributed by atoms with Gasteiger partial charge in [-0.15, -0.1) is 0 Å². The van der Waals surface area contributed by atoms with Crippen molar-refractivity contribution in [2.24, 2.45) is 0 Å². The number of imidazole rings is 1. The number of ether oxygens (including phenoxy) is 2. The van der Waals surface area contributed by atoms with E-state index in [1.54, 1.807) is 30.5 Å². The second-order valence-corrected chi connectivity index (χ2v) is 6.20. The van der Waals surface area contributed by atoms with Crippen LogP contribution in [0.15, 0.2) is 42.5 Å². The van der Waals surface area contributed by atoms with E-state index < -0.39 is 11.5 Å². The summed E-state index contributed by atoms with van der Waals surface area (Å²) in [4.78, 5) is 16.5. The first-order valence-electron chi connectivity index (χ1n) is 7.60. The zero-order valence-electron chi connectivity index (χ0n) is 13.3. The molecule has 0 unspecified atom stereocenters. The van der Waals surface area contributed by atoms with Gasteiger partial charge in [0.25, 0.3) is 0 Å². The van der Waals surface area contributed by atoms with E-state index in [2.05, 4.69) is 4.98 Å². The molecule has 6 heteroatoms. The van der Waals surface area contributed by atoms with E-state index >= 15 is 0 Å². The second-order valence-electron chi connectivity index (χ2n) is 6.20. The van der Waals surface area contributed by atoms with Gasteiger partial charge in [-0.2, -0.15) is 0 Å². The van der Waals surface area contributed by atoms with Crippen LogP contribution in [0, 0.1) is 0 Å². The molecule has 0 saturated heterocycles. The molecule has 0 amide bonds. The van der Waals surface area contributed by atoms with Crippen LogP contribution < -0.4 is 9.47 Å². The molecule has 0 bridgehead atoms. The van der Waals surface area contributed by atoms with E-state index in [0.717, 1.165) is 5.56 Å². The first-order chi connectivity index (χ1) is 11.5. The Morgan fingerprint density at radius 3 is 2.50 bits per heavy atom. The number of carbonyl (C=O) groups is 1. The fourth-order valence-electron chi connectivity index (χ4n) is 2.91. The molecule has 0 spiro atoms. The highest BCUT2D eigenvalue weighted by molar-refractivity contribution is 5.88. The quantitative estimate of drug-likeness (QED) is 0.800. The minimum Gasteiger partial charge on any atom is -0.480 e. The third-order valence-electron chi connectivity index (χ3n) is 4.26. The Morgan fingerprint density at radius 2 is 1.83 bits per heavy atom. The number of benzene rings is 2. The topological polar surface area (TPSA) is 73.6 Å². The van der Waals surface area contributed by atoms with Gasteiger partial charge >= 0.3 is 5.97 Å². The van der Waals surface area contributed by atoms with Gasteiger partial charge in [0, 0.05) is 17.7 Å². The number of nitrogens with zero attached hydrogens (tertiary/aromatic N) is 2. The molecule has 2 aromatic carbocycles. The maximum Gasteiger partial charge on any atom is 0.329 e. The second kappa shape index (κ2) is 4.99. The van der Waals surface area contributed by atoms with Crippen molar-refractivity contribution in [3.05, 3.63) is 42.5 Å². The Bertz CT molecular complexity index is 945. The van der Waals surface area contributed by atoms with Crippen molar-refractivity contribution in [3.63, 3.8) is 0 Å². The third-order valence-corrected chi connectivity index (χ3v) is 4.26. The lowest BCUT2D eigenvalue weighted by Gasteiger charge is -2.24. The fourth-order valence-corrected chi connectivity index (χ4v) is 2.91. The molecular formula is C18H16N2O4. The van der Waals surface area contributed by atoms with Crippen LogP contribution >= 0.6 is 0 Å². The number of aromatic nitrogens is 2. The van der Waals surface area contributed by atoms with Gasteiger partial charge in [0.2, 0.25) is 6.79 Å². The summed E-state index contributed by atoms with van der Waals surface area (Å²) in [6, 6.07) is 13.1. The Balaban J connectivity index is 2.06. The predicted octanol–water partition coefficient (Wildman–Crippen LogP) is 3.25. The lowest BCUT2D eigenvalue weighted by atomic mass is 10.0. The smallest absolute Gasteiger partial charge is 0.329 e. The van der Waals surface area contributed by atoms with Crippen LogP contribution in [0.5, 0.6) is 11.5 Å². The summed E-state index contributed by atoms with van der Waals surface area (Å²) in [7, 11) is 0. The van der Waals surface area contributed by atoms with E-state index in [0.29, 0.717) is 28.4 Å². The number of rotatable bonds is 3. The highest BCUT2D eigenvalue weighted by Crippen LogP contribution is 2.39. The van der Waals surface area contributed by atoms with Gasteiger partial charge in [-0.25, -0.2) is 9.78 Å². The summed E-state index contributed by atoms with van der Waals surface area (Å²) in [6.07, 6.45) is 0. The summed E-state index contributed by atoms with van der Waals surface area (Å²) >= 11 is 0. The number of carboxylic acids is 1. The zero-order chi connectivity index (χ0) is 16.9. The lowest BCUT2D eigenvalue weighted by molar-refractivity contribution is -0.145. The standard InChI is InChI=1S/C18H16N2O4/c1-18(2,17(21)22)20-13-9-15-14(23-10-24-15)8-12(13)19-16(20)11-6-4-3-5-7-11/h3-9H,10H2,1-2H3,(H,21,22). The molecule has 0 saturated carbocycles. The molecule has 1 aliphatic rings. The van der Waals surface area contributed by atoms with Gasteiger partial charge in [-0.3, -0.25) is 0 Å². The average molecular weight is 324 g/mol. The predicted molar refractivity (Wildman–Crippen MR) is 88.2 cm³/mol. The number of carboxylic acid groups (broad SMARTS) is 1. The maximum atomic E-state index is 11.9. The summed E-state index contributed by atoms with van der Waals surface area (Å²) < 4.78 is 12.6. The van der Waals surface area contributed by atoms with Gasteiger partial charge in [0.15, 0.2) is 11.5 Å². The molecule has 1 aliphatic heterocycles. The van der Waals surface area contributed by atoms with Crippen LogP contribution in [-0.4, -0.2) is 27.4 Å². The Labute approximate surface area is 138 Å². The molecule has 0 atom stereocenters. The first kappa shape index (κ1) is 14.6.